The summed E-state index contributed by atoms with van der Waals surface area (Å²) in [5, 5.41) is 7.78. The lowest BCUT2D eigenvalue weighted by molar-refractivity contribution is -0.157. The molecule has 0 saturated heterocycles. The van der Waals surface area contributed by atoms with Crippen molar-refractivity contribution in [3.63, 3.8) is 0 Å². The van der Waals surface area contributed by atoms with Gasteiger partial charge in [-0.3, -0.25) is 14.4 Å². The molecule has 0 unspecified atom stereocenters. The van der Waals surface area contributed by atoms with Crippen molar-refractivity contribution in [2.75, 3.05) is 41.5 Å². The Hall–Kier alpha value is -4.10. The molecule has 0 aliphatic carbocycles. The third-order valence-electron chi connectivity index (χ3n) is 8.80. The van der Waals surface area contributed by atoms with Gasteiger partial charge in [0.05, 0.1) is 46.8 Å². The molecule has 11 nitrogen and oxygen atoms in total. The zero-order valence-electron chi connectivity index (χ0n) is 34.8. The molecule has 16 heteroatoms. The second-order valence-corrected chi connectivity index (χ2v) is 16.1. The summed E-state index contributed by atoms with van der Waals surface area (Å²) in [7, 11) is 6.33. The Morgan fingerprint density at radius 1 is 0.617 bits per heavy atom. The number of nitrogens with two attached hydrogens (primary N) is 1. The topological polar surface area (TPSA) is 147 Å². The predicted octanol–water partition coefficient (Wildman–Crippen LogP) is 8.92. The van der Waals surface area contributed by atoms with Gasteiger partial charge in [0.2, 0.25) is 11.8 Å². The molecule has 0 spiro atoms. The number of ether oxygens (including phenoxy) is 5. The van der Waals surface area contributed by atoms with Crippen LogP contribution < -0.4 is 35.3 Å². The molecule has 60 heavy (non-hydrogen) atoms. The zero-order chi connectivity index (χ0) is 43.7. The first-order valence-electron chi connectivity index (χ1n) is 18.8. The number of rotatable bonds is 18. The van der Waals surface area contributed by atoms with Crippen LogP contribution in [0.2, 0.25) is 20.1 Å². The molecule has 0 bridgehead atoms. The van der Waals surface area contributed by atoms with E-state index in [1.165, 1.54) is 0 Å². The first-order chi connectivity index (χ1) is 28.0. The molecular weight excluding hydrogens is 876 g/mol. The predicted molar refractivity (Wildman–Crippen MR) is 242 cm³/mol. The minimum absolute atomic E-state index is 0. The number of hydrogen-bond donors (Lipinski definition) is 3. The Labute approximate surface area is 379 Å². The average molecular weight is 930 g/mol. The summed E-state index contributed by atoms with van der Waals surface area (Å²) >= 11 is 24.3. The van der Waals surface area contributed by atoms with Gasteiger partial charge in [0.1, 0.15) is 5.60 Å². The number of methoxy groups -OCH3 is 4. The molecule has 0 radical (unpaired) electrons. The van der Waals surface area contributed by atoms with Gasteiger partial charge in [0, 0.05) is 33.2 Å². The number of carbonyl (C=O) groups is 3. The number of esters is 1. The van der Waals surface area contributed by atoms with E-state index in [9.17, 15) is 14.4 Å². The lowest BCUT2D eigenvalue weighted by Gasteiger charge is -2.22. The molecule has 4 aromatic rings. The van der Waals surface area contributed by atoms with Crippen LogP contribution in [0.1, 0.15) is 49.4 Å². The van der Waals surface area contributed by atoms with Gasteiger partial charge < -0.3 is 40.1 Å². The van der Waals surface area contributed by atoms with Crippen molar-refractivity contribution < 1.29 is 38.1 Å². The van der Waals surface area contributed by atoms with E-state index in [1.807, 2.05) is 36.4 Å². The normalized spacial score (nSPS) is 11.7. The van der Waals surface area contributed by atoms with E-state index in [0.717, 1.165) is 22.3 Å². The number of nitrogens with one attached hydrogen (secondary N) is 2. The molecule has 0 aliphatic rings. The Kier molecular flexibility index (Phi) is 22.2. The van der Waals surface area contributed by atoms with E-state index in [-0.39, 0.29) is 37.1 Å². The van der Waals surface area contributed by atoms with Crippen molar-refractivity contribution in [1.82, 2.24) is 10.6 Å². The minimum Gasteiger partial charge on any atom is -0.493 e. The molecule has 4 rings (SSSR count). The van der Waals surface area contributed by atoms with E-state index < -0.39 is 23.5 Å². The quantitative estimate of drug-likeness (QED) is 0.0833. The highest BCUT2D eigenvalue weighted by Gasteiger charge is 2.26. The summed E-state index contributed by atoms with van der Waals surface area (Å²) in [5.41, 5.74) is 8.88. The van der Waals surface area contributed by atoms with Crippen LogP contribution in [0.15, 0.2) is 72.8 Å². The lowest BCUT2D eigenvalue weighted by Crippen LogP contribution is -2.42. The highest BCUT2D eigenvalue weighted by atomic mass is 35.5. The highest BCUT2D eigenvalue weighted by Crippen LogP contribution is 2.29. The van der Waals surface area contributed by atoms with Crippen molar-refractivity contribution in [2.45, 2.75) is 64.5 Å². The maximum absolute atomic E-state index is 13.0. The smallest absolute Gasteiger partial charge is 0.307 e. The summed E-state index contributed by atoms with van der Waals surface area (Å²) < 4.78 is 26.5. The molecule has 2 amide bonds. The fourth-order valence-electron chi connectivity index (χ4n) is 5.82. The number of carbonyl (C=O) groups excluding carboxylic acids is 3. The van der Waals surface area contributed by atoms with Crippen LogP contribution in [0.3, 0.4) is 0 Å². The van der Waals surface area contributed by atoms with Gasteiger partial charge in [-0.25, -0.2) is 0 Å². The van der Waals surface area contributed by atoms with Gasteiger partial charge in [-0.2, -0.15) is 0 Å². The summed E-state index contributed by atoms with van der Waals surface area (Å²) in [6.45, 7) is 6.24. The molecule has 0 aromatic heterocycles. The van der Waals surface area contributed by atoms with Crippen LogP contribution in [0.25, 0.3) is 0 Å². The summed E-state index contributed by atoms with van der Waals surface area (Å²) in [4.78, 5) is 37.6. The van der Waals surface area contributed by atoms with E-state index >= 15 is 0 Å². The third-order valence-corrected chi connectivity index (χ3v) is 9.97. The van der Waals surface area contributed by atoms with Gasteiger partial charge in [0.25, 0.3) is 0 Å². The third kappa shape index (κ3) is 17.5. The number of amides is 2. The zero-order valence-corrected chi connectivity index (χ0v) is 38.6. The second kappa shape index (κ2) is 25.6. The van der Waals surface area contributed by atoms with Crippen LogP contribution in [0, 0.1) is 5.92 Å². The SMILES string of the molecule is COc1ccc(CCNC(=O)[C@H](CC(=O)OC(C)(C)C)Cc2ccc(Cl)cc2Cl)cc1OC.COc1ccc(CCNC(=O)[C@H](N)Cc2ccc(Cl)cc2Cl)cc1OC.Cl. The van der Waals surface area contributed by atoms with Crippen molar-refractivity contribution in [3.8, 4) is 23.0 Å². The number of halogens is 5. The summed E-state index contributed by atoms with van der Waals surface area (Å²) in [6, 6.07) is 20.8. The van der Waals surface area contributed by atoms with Crippen molar-refractivity contribution >= 4 is 76.6 Å². The van der Waals surface area contributed by atoms with Gasteiger partial charge in [0.15, 0.2) is 23.0 Å². The van der Waals surface area contributed by atoms with Gasteiger partial charge in [-0.1, -0.05) is 70.7 Å². The number of hydrogen-bond acceptors (Lipinski definition) is 9. The standard InChI is InChI=1S/C25H31Cl2NO5.C19H22Cl2N2O3.ClH/c1-25(2,3)33-23(29)14-18(13-17-7-8-19(26)15-20(17)27)24(30)28-11-10-16-6-9-21(31-4)22(12-16)32-5;1-25-17-6-3-12(9-18(17)26-2)7-8-23-19(24)16(22)10-13-4-5-14(20)11-15(13)21;/h6-9,12,15,18H,10-11,13-14H2,1-5H3,(H,28,30);3-6,9,11,16H,7-8,10,22H2,1-2H3,(H,23,24);1H/t18-;16-;/m01./s1. The molecule has 4 N–H and O–H groups in total. The van der Waals surface area contributed by atoms with Crippen LogP contribution in [-0.2, 0) is 44.8 Å². The van der Waals surface area contributed by atoms with Crippen molar-refractivity contribution in [2.24, 2.45) is 11.7 Å². The molecule has 2 atom stereocenters. The van der Waals surface area contributed by atoms with Crippen LogP contribution in [0.5, 0.6) is 23.0 Å². The Morgan fingerprint density at radius 3 is 1.47 bits per heavy atom. The molecule has 0 aliphatic heterocycles. The average Bonchev–Trinajstić information content (AvgIpc) is 3.18. The van der Waals surface area contributed by atoms with Gasteiger partial charge in [-0.15, -0.1) is 12.4 Å². The van der Waals surface area contributed by atoms with E-state index in [0.29, 0.717) is 75.4 Å². The molecule has 0 heterocycles. The molecule has 0 saturated carbocycles. The minimum atomic E-state index is -0.681. The molecule has 328 valence electrons. The first kappa shape index (κ1) is 52.0. The monoisotopic (exact) mass is 927 g/mol. The van der Waals surface area contributed by atoms with E-state index in [2.05, 4.69) is 10.6 Å². The molecular formula is C44H54Cl5N3O8. The van der Waals surface area contributed by atoms with Crippen molar-refractivity contribution in [1.29, 1.82) is 0 Å². The Morgan fingerprint density at radius 2 is 1.05 bits per heavy atom. The maximum Gasteiger partial charge on any atom is 0.307 e. The summed E-state index contributed by atoms with van der Waals surface area (Å²) in [6.07, 6.45) is 1.82. The van der Waals surface area contributed by atoms with Gasteiger partial charge >= 0.3 is 5.97 Å². The number of benzene rings is 4. The van der Waals surface area contributed by atoms with Crippen LogP contribution in [0.4, 0.5) is 0 Å². The maximum atomic E-state index is 13.0. The van der Waals surface area contributed by atoms with Crippen LogP contribution in [-0.4, -0.2) is 71.0 Å². The Balaban J connectivity index is 0.000000418. The van der Waals surface area contributed by atoms with Crippen molar-refractivity contribution in [3.05, 3.63) is 115 Å². The van der Waals surface area contributed by atoms with Crippen LogP contribution >= 0.6 is 58.8 Å². The second-order valence-electron chi connectivity index (χ2n) is 14.4. The molecule has 0 fully saturated rings. The lowest BCUT2D eigenvalue weighted by atomic mass is 9.95. The highest BCUT2D eigenvalue weighted by molar-refractivity contribution is 6.35. The van der Waals surface area contributed by atoms with E-state index in [4.69, 9.17) is 75.8 Å². The fourth-order valence-corrected chi connectivity index (χ4v) is 6.79. The molecule has 4 aromatic carbocycles. The van der Waals surface area contributed by atoms with E-state index in [1.54, 1.807) is 85.6 Å². The summed E-state index contributed by atoms with van der Waals surface area (Å²) in [5.74, 6) is 1.05. The fraction of sp³-hybridized carbons (Fsp3) is 0.386. The van der Waals surface area contributed by atoms with Gasteiger partial charge in [-0.05, 0) is 117 Å². The largest absolute Gasteiger partial charge is 0.493 e. The Bertz CT molecular complexity index is 2030. The first-order valence-corrected chi connectivity index (χ1v) is 20.3.